The van der Waals surface area contributed by atoms with E-state index in [4.69, 9.17) is 9.57 Å². The summed E-state index contributed by atoms with van der Waals surface area (Å²) in [5.41, 5.74) is 1.61. The first kappa shape index (κ1) is 17.5. The molecule has 2 aromatic rings. The molecule has 1 atom stereocenters. The highest BCUT2D eigenvalue weighted by molar-refractivity contribution is 5.79. The first-order valence-electron chi connectivity index (χ1n) is 7.74. The fourth-order valence-corrected chi connectivity index (χ4v) is 1.92. The molecule has 0 bridgehead atoms. The van der Waals surface area contributed by atoms with Crippen LogP contribution in [0.25, 0.3) is 0 Å². The monoisotopic (exact) mass is 328 g/mol. The minimum Gasteiger partial charge on any atom is -0.491 e. The van der Waals surface area contributed by atoms with Gasteiger partial charge in [0, 0.05) is 12.1 Å². The molecule has 0 fully saturated rings. The van der Waals surface area contributed by atoms with Crippen LogP contribution >= 0.6 is 0 Å². The second-order valence-electron chi connectivity index (χ2n) is 5.34. The Morgan fingerprint density at radius 2 is 2.00 bits per heavy atom. The molecule has 0 aromatic heterocycles. The minimum atomic E-state index is -0.435. The smallest absolute Gasteiger partial charge is 0.269 e. The van der Waals surface area contributed by atoms with Gasteiger partial charge in [-0.15, -0.1) is 0 Å². The van der Waals surface area contributed by atoms with Gasteiger partial charge in [-0.3, -0.25) is 10.1 Å². The van der Waals surface area contributed by atoms with Crippen molar-refractivity contribution >= 4 is 11.9 Å². The van der Waals surface area contributed by atoms with Crippen molar-refractivity contribution in [2.24, 2.45) is 5.16 Å². The third-order valence-corrected chi connectivity index (χ3v) is 3.42. The third kappa shape index (κ3) is 5.39. The maximum Gasteiger partial charge on any atom is 0.269 e. The molecule has 0 N–H and O–H groups in total. The molecular weight excluding hydrogens is 308 g/mol. The van der Waals surface area contributed by atoms with Gasteiger partial charge in [0.15, 0.2) is 0 Å². The molecule has 0 spiro atoms. The maximum atomic E-state index is 10.7. The van der Waals surface area contributed by atoms with Gasteiger partial charge < -0.3 is 9.57 Å². The summed E-state index contributed by atoms with van der Waals surface area (Å²) >= 11 is 0. The maximum absolute atomic E-state index is 10.7. The Bertz CT molecular complexity index is 698. The van der Waals surface area contributed by atoms with Gasteiger partial charge in [0.05, 0.1) is 17.2 Å². The van der Waals surface area contributed by atoms with Crippen molar-refractivity contribution in [3.8, 4) is 5.75 Å². The van der Waals surface area contributed by atoms with Crippen LogP contribution < -0.4 is 4.74 Å². The van der Waals surface area contributed by atoms with Crippen LogP contribution in [0.5, 0.6) is 5.75 Å². The SMILES string of the molecule is CC[C@H](C)Oc1ccc(/C=N\OCc2cccc([N+](=O)[O-])c2)cc1. The van der Waals surface area contributed by atoms with Crippen LogP contribution in [-0.2, 0) is 11.4 Å². The molecule has 0 saturated heterocycles. The van der Waals surface area contributed by atoms with Gasteiger partial charge in [-0.2, -0.15) is 0 Å². The Kier molecular flexibility index (Phi) is 6.31. The number of non-ortho nitro benzene ring substituents is 1. The predicted molar refractivity (Wildman–Crippen MR) is 92.3 cm³/mol. The predicted octanol–water partition coefficient (Wildman–Crippen LogP) is 4.32. The van der Waals surface area contributed by atoms with Crippen LogP contribution in [0, 0.1) is 10.1 Å². The fourth-order valence-electron chi connectivity index (χ4n) is 1.92. The normalized spacial score (nSPS) is 12.1. The lowest BCUT2D eigenvalue weighted by Crippen LogP contribution is -2.09. The third-order valence-electron chi connectivity index (χ3n) is 3.42. The van der Waals surface area contributed by atoms with Crippen molar-refractivity contribution in [1.29, 1.82) is 0 Å². The summed E-state index contributed by atoms with van der Waals surface area (Å²) in [6, 6.07) is 13.8. The summed E-state index contributed by atoms with van der Waals surface area (Å²) < 4.78 is 5.70. The zero-order chi connectivity index (χ0) is 17.4. The highest BCUT2D eigenvalue weighted by Crippen LogP contribution is 2.15. The van der Waals surface area contributed by atoms with Crippen molar-refractivity contribution in [2.45, 2.75) is 33.0 Å². The molecule has 6 nitrogen and oxygen atoms in total. The van der Waals surface area contributed by atoms with Gasteiger partial charge in [-0.25, -0.2) is 0 Å². The topological polar surface area (TPSA) is 74.0 Å². The molecule has 0 saturated carbocycles. The number of nitro benzene ring substituents is 1. The van der Waals surface area contributed by atoms with E-state index in [0.717, 1.165) is 17.7 Å². The quantitative estimate of drug-likeness (QED) is 0.411. The van der Waals surface area contributed by atoms with E-state index in [-0.39, 0.29) is 18.4 Å². The average molecular weight is 328 g/mol. The number of oxime groups is 1. The van der Waals surface area contributed by atoms with Gasteiger partial charge >= 0.3 is 0 Å². The van der Waals surface area contributed by atoms with Crippen LogP contribution in [0.2, 0.25) is 0 Å². The van der Waals surface area contributed by atoms with Crippen molar-refractivity contribution in [3.05, 3.63) is 69.8 Å². The lowest BCUT2D eigenvalue weighted by Gasteiger charge is -2.12. The number of ether oxygens (including phenoxy) is 1. The summed E-state index contributed by atoms with van der Waals surface area (Å²) in [5.74, 6) is 0.819. The Morgan fingerprint density at radius 3 is 2.67 bits per heavy atom. The summed E-state index contributed by atoms with van der Waals surface area (Å²) in [6.07, 6.45) is 2.72. The molecule has 0 aliphatic rings. The van der Waals surface area contributed by atoms with Crippen molar-refractivity contribution in [2.75, 3.05) is 0 Å². The Balaban J connectivity index is 1.85. The lowest BCUT2D eigenvalue weighted by molar-refractivity contribution is -0.384. The van der Waals surface area contributed by atoms with E-state index >= 15 is 0 Å². The summed E-state index contributed by atoms with van der Waals surface area (Å²) in [6.45, 7) is 4.27. The zero-order valence-electron chi connectivity index (χ0n) is 13.7. The second-order valence-corrected chi connectivity index (χ2v) is 5.34. The van der Waals surface area contributed by atoms with E-state index in [0.29, 0.717) is 5.56 Å². The van der Waals surface area contributed by atoms with E-state index in [1.807, 2.05) is 31.2 Å². The van der Waals surface area contributed by atoms with Crippen molar-refractivity contribution < 1.29 is 14.5 Å². The number of hydrogen-bond acceptors (Lipinski definition) is 5. The van der Waals surface area contributed by atoms with E-state index in [2.05, 4.69) is 12.1 Å². The minimum absolute atomic E-state index is 0.0389. The standard InChI is InChI=1S/C18H20N2O4/c1-3-14(2)24-18-9-7-15(8-10-18)12-19-23-13-16-5-4-6-17(11-16)20(21)22/h4-12,14H,3,13H2,1-2H3/b19-12-/t14-/m0/s1. The highest BCUT2D eigenvalue weighted by Gasteiger charge is 2.05. The van der Waals surface area contributed by atoms with Crippen LogP contribution in [0.3, 0.4) is 0 Å². The number of nitro groups is 1. The van der Waals surface area contributed by atoms with Gasteiger partial charge in [0.1, 0.15) is 12.4 Å². The molecule has 0 aliphatic heterocycles. The number of rotatable bonds is 8. The number of hydrogen-bond donors (Lipinski definition) is 0. The fraction of sp³-hybridized carbons (Fsp3) is 0.278. The van der Waals surface area contributed by atoms with Crippen molar-refractivity contribution in [3.63, 3.8) is 0 Å². The summed E-state index contributed by atoms with van der Waals surface area (Å²) in [7, 11) is 0. The molecule has 2 aromatic carbocycles. The lowest BCUT2D eigenvalue weighted by atomic mass is 10.2. The number of benzene rings is 2. The van der Waals surface area contributed by atoms with E-state index in [1.54, 1.807) is 18.3 Å². The molecule has 0 unspecified atom stereocenters. The zero-order valence-corrected chi connectivity index (χ0v) is 13.7. The molecule has 0 heterocycles. The molecule has 2 rings (SSSR count). The number of nitrogens with zero attached hydrogens (tertiary/aromatic N) is 2. The van der Waals surface area contributed by atoms with Gasteiger partial charge in [0.25, 0.3) is 5.69 Å². The van der Waals surface area contributed by atoms with Gasteiger partial charge in [0.2, 0.25) is 0 Å². The van der Waals surface area contributed by atoms with Crippen LogP contribution in [0.15, 0.2) is 53.7 Å². The molecule has 0 aliphatic carbocycles. The molecular formula is C18H20N2O4. The van der Waals surface area contributed by atoms with Crippen LogP contribution in [0.4, 0.5) is 5.69 Å². The van der Waals surface area contributed by atoms with Gasteiger partial charge in [-0.1, -0.05) is 24.2 Å². The first-order valence-corrected chi connectivity index (χ1v) is 7.74. The molecule has 6 heteroatoms. The average Bonchev–Trinajstić information content (AvgIpc) is 2.60. The summed E-state index contributed by atoms with van der Waals surface area (Å²) in [5, 5.41) is 14.6. The Labute approximate surface area is 140 Å². The summed E-state index contributed by atoms with van der Waals surface area (Å²) in [4.78, 5) is 15.5. The first-order chi connectivity index (χ1) is 11.6. The van der Waals surface area contributed by atoms with E-state index in [1.165, 1.54) is 12.1 Å². The van der Waals surface area contributed by atoms with Crippen molar-refractivity contribution in [1.82, 2.24) is 0 Å². The largest absolute Gasteiger partial charge is 0.491 e. The molecule has 126 valence electrons. The highest BCUT2D eigenvalue weighted by atomic mass is 16.6. The Morgan fingerprint density at radius 1 is 1.25 bits per heavy atom. The second kappa shape index (κ2) is 8.67. The molecule has 0 amide bonds. The Hall–Kier alpha value is -2.89. The molecule has 0 radical (unpaired) electrons. The van der Waals surface area contributed by atoms with Gasteiger partial charge in [-0.05, 0) is 48.7 Å². The van der Waals surface area contributed by atoms with Crippen LogP contribution in [0.1, 0.15) is 31.4 Å². The van der Waals surface area contributed by atoms with E-state index < -0.39 is 4.92 Å². The molecule has 24 heavy (non-hydrogen) atoms. The van der Waals surface area contributed by atoms with Crippen LogP contribution in [-0.4, -0.2) is 17.2 Å². The van der Waals surface area contributed by atoms with E-state index in [9.17, 15) is 10.1 Å².